The van der Waals surface area contributed by atoms with Crippen LogP contribution in [-0.2, 0) is 4.74 Å². The van der Waals surface area contributed by atoms with Gasteiger partial charge in [-0.15, -0.1) is 10.2 Å². The van der Waals surface area contributed by atoms with E-state index in [0.717, 1.165) is 6.42 Å². The Morgan fingerprint density at radius 3 is 3.00 bits per heavy atom. The average molecular weight is 293 g/mol. The molecule has 0 saturated heterocycles. The van der Waals surface area contributed by atoms with Crippen LogP contribution in [0.2, 0.25) is 0 Å². The molecule has 0 aliphatic carbocycles. The maximum absolute atomic E-state index is 11.8. The third-order valence-electron chi connectivity index (χ3n) is 2.72. The Hall–Kier alpha value is -2.35. The van der Waals surface area contributed by atoms with E-state index in [1.54, 1.807) is 23.6 Å². The molecule has 0 spiro atoms. The van der Waals surface area contributed by atoms with Gasteiger partial charge in [-0.25, -0.2) is 9.20 Å². The molecular weight excluding hydrogens is 274 g/mol. The number of fused-ring (bicyclic) bond motifs is 1. The van der Waals surface area contributed by atoms with E-state index in [1.807, 2.05) is 13.0 Å². The smallest absolute Gasteiger partial charge is 0.321 e. The van der Waals surface area contributed by atoms with Crippen molar-refractivity contribution in [1.29, 1.82) is 0 Å². The van der Waals surface area contributed by atoms with Gasteiger partial charge in [0.1, 0.15) is 0 Å². The number of anilines is 1. The average Bonchev–Trinajstić information content (AvgIpc) is 2.88. The van der Waals surface area contributed by atoms with Crippen molar-refractivity contribution in [2.45, 2.75) is 13.3 Å². The normalized spacial score (nSPS) is 10.6. The minimum atomic E-state index is -0.341. The summed E-state index contributed by atoms with van der Waals surface area (Å²) in [5.41, 5.74) is 0.607. The minimum absolute atomic E-state index is 0.318. The van der Waals surface area contributed by atoms with E-state index in [4.69, 9.17) is 9.47 Å². The van der Waals surface area contributed by atoms with Crippen LogP contribution in [0.25, 0.3) is 5.65 Å². The van der Waals surface area contributed by atoms with Gasteiger partial charge in [-0.05, 0) is 25.5 Å². The maximum atomic E-state index is 11.8. The summed E-state index contributed by atoms with van der Waals surface area (Å²) < 4.78 is 12.1. The summed E-state index contributed by atoms with van der Waals surface area (Å²) in [5, 5.41) is 13.3. The standard InChI is InChI=1S/C13H19N5O3/c1-3-21-11-7-4-6-10-16-17-12(18(10)11)15-13(19)14-8-5-9-20-2/h4,6-7H,3,5,8-9H2,1-2H3,(H2,14,15,17,19). The highest BCUT2D eigenvalue weighted by Gasteiger charge is 2.12. The van der Waals surface area contributed by atoms with E-state index in [9.17, 15) is 4.79 Å². The van der Waals surface area contributed by atoms with Crippen molar-refractivity contribution < 1.29 is 14.3 Å². The Morgan fingerprint density at radius 1 is 1.38 bits per heavy atom. The highest BCUT2D eigenvalue weighted by atomic mass is 16.5. The fraction of sp³-hybridized carbons (Fsp3) is 0.462. The number of urea groups is 1. The molecule has 0 fully saturated rings. The molecular formula is C13H19N5O3. The van der Waals surface area contributed by atoms with Gasteiger partial charge in [0.2, 0.25) is 11.8 Å². The second kappa shape index (κ2) is 7.44. The molecule has 2 amide bonds. The lowest BCUT2D eigenvalue weighted by atomic mass is 10.4. The number of nitrogens with one attached hydrogen (secondary N) is 2. The third kappa shape index (κ3) is 3.82. The molecule has 0 atom stereocenters. The van der Waals surface area contributed by atoms with Gasteiger partial charge >= 0.3 is 6.03 Å². The Kier molecular flexibility index (Phi) is 5.33. The Bertz CT molecular complexity index is 599. The van der Waals surface area contributed by atoms with E-state index in [1.165, 1.54) is 0 Å². The topological polar surface area (TPSA) is 89.8 Å². The Balaban J connectivity index is 2.06. The van der Waals surface area contributed by atoms with Crippen molar-refractivity contribution >= 4 is 17.6 Å². The second-order valence-electron chi connectivity index (χ2n) is 4.24. The minimum Gasteiger partial charge on any atom is -0.479 e. The van der Waals surface area contributed by atoms with Gasteiger partial charge in [-0.3, -0.25) is 5.32 Å². The summed E-state index contributed by atoms with van der Waals surface area (Å²) >= 11 is 0. The summed E-state index contributed by atoms with van der Waals surface area (Å²) in [6.07, 6.45) is 0.745. The van der Waals surface area contributed by atoms with Gasteiger partial charge in [0.05, 0.1) is 6.61 Å². The maximum Gasteiger partial charge on any atom is 0.321 e. The molecule has 0 bridgehead atoms. The predicted octanol–water partition coefficient (Wildman–Crippen LogP) is 1.29. The number of carbonyl (C=O) groups excluding carboxylic acids is 1. The monoisotopic (exact) mass is 293 g/mol. The molecule has 8 nitrogen and oxygen atoms in total. The van der Waals surface area contributed by atoms with E-state index >= 15 is 0 Å². The van der Waals surface area contributed by atoms with Crippen molar-refractivity contribution in [3.8, 4) is 5.88 Å². The Morgan fingerprint density at radius 2 is 2.24 bits per heavy atom. The lowest BCUT2D eigenvalue weighted by Crippen LogP contribution is -2.30. The number of amides is 2. The fourth-order valence-corrected chi connectivity index (χ4v) is 1.82. The van der Waals surface area contributed by atoms with Gasteiger partial charge < -0.3 is 14.8 Å². The quantitative estimate of drug-likeness (QED) is 0.751. The van der Waals surface area contributed by atoms with Crippen LogP contribution in [0.3, 0.4) is 0 Å². The zero-order chi connectivity index (χ0) is 15.1. The molecule has 2 N–H and O–H groups in total. The van der Waals surface area contributed by atoms with E-state index < -0.39 is 0 Å². The van der Waals surface area contributed by atoms with Gasteiger partial charge in [0.25, 0.3) is 0 Å². The number of pyridine rings is 1. The predicted molar refractivity (Wildman–Crippen MR) is 77.7 cm³/mol. The first-order chi connectivity index (χ1) is 10.3. The molecule has 0 saturated carbocycles. The molecule has 0 radical (unpaired) electrons. The van der Waals surface area contributed by atoms with E-state index in [-0.39, 0.29) is 6.03 Å². The number of aromatic nitrogens is 3. The molecule has 0 aliphatic rings. The largest absolute Gasteiger partial charge is 0.479 e. The van der Waals surface area contributed by atoms with Crippen molar-refractivity contribution in [2.24, 2.45) is 0 Å². The summed E-state index contributed by atoms with van der Waals surface area (Å²) in [4.78, 5) is 11.8. The molecule has 21 heavy (non-hydrogen) atoms. The molecule has 2 rings (SSSR count). The molecule has 114 valence electrons. The van der Waals surface area contributed by atoms with Crippen LogP contribution in [0, 0.1) is 0 Å². The highest BCUT2D eigenvalue weighted by molar-refractivity contribution is 5.87. The molecule has 2 aromatic heterocycles. The van der Waals surface area contributed by atoms with Gasteiger partial charge in [0.15, 0.2) is 5.65 Å². The van der Waals surface area contributed by atoms with Crippen LogP contribution in [0.1, 0.15) is 13.3 Å². The summed E-state index contributed by atoms with van der Waals surface area (Å²) in [6.45, 7) is 3.52. The van der Waals surface area contributed by atoms with Crippen LogP contribution < -0.4 is 15.4 Å². The third-order valence-corrected chi connectivity index (χ3v) is 2.72. The van der Waals surface area contributed by atoms with E-state index in [0.29, 0.717) is 37.2 Å². The highest BCUT2D eigenvalue weighted by Crippen LogP contribution is 2.18. The summed E-state index contributed by atoms with van der Waals surface area (Å²) in [7, 11) is 1.62. The SMILES string of the molecule is CCOc1cccc2nnc(NC(=O)NCCCOC)n12. The van der Waals surface area contributed by atoms with E-state index in [2.05, 4.69) is 20.8 Å². The molecule has 0 aromatic carbocycles. The van der Waals surface area contributed by atoms with Crippen molar-refractivity contribution in [1.82, 2.24) is 19.9 Å². The zero-order valence-electron chi connectivity index (χ0n) is 12.1. The first-order valence-corrected chi connectivity index (χ1v) is 6.77. The first kappa shape index (κ1) is 15.0. The number of hydrogen-bond acceptors (Lipinski definition) is 5. The molecule has 8 heteroatoms. The molecule has 0 unspecified atom stereocenters. The Labute approximate surface area is 122 Å². The molecule has 2 heterocycles. The lowest BCUT2D eigenvalue weighted by Gasteiger charge is -2.09. The number of ether oxygens (including phenoxy) is 2. The van der Waals surface area contributed by atoms with Gasteiger partial charge in [-0.2, -0.15) is 0 Å². The molecule has 2 aromatic rings. The van der Waals surface area contributed by atoms with Crippen molar-refractivity contribution in [3.63, 3.8) is 0 Å². The first-order valence-electron chi connectivity index (χ1n) is 6.77. The van der Waals surface area contributed by atoms with Crippen LogP contribution >= 0.6 is 0 Å². The lowest BCUT2D eigenvalue weighted by molar-refractivity contribution is 0.194. The van der Waals surface area contributed by atoms with Crippen molar-refractivity contribution in [2.75, 3.05) is 32.2 Å². The number of rotatable bonds is 7. The second-order valence-corrected chi connectivity index (χ2v) is 4.24. The number of hydrogen-bond donors (Lipinski definition) is 2. The number of nitrogens with zero attached hydrogens (tertiary/aromatic N) is 3. The summed E-state index contributed by atoms with van der Waals surface area (Å²) in [5.74, 6) is 0.896. The zero-order valence-corrected chi connectivity index (χ0v) is 12.1. The van der Waals surface area contributed by atoms with Crippen LogP contribution in [0.15, 0.2) is 18.2 Å². The van der Waals surface area contributed by atoms with Crippen LogP contribution in [0.4, 0.5) is 10.7 Å². The molecule has 0 aliphatic heterocycles. The fourth-order valence-electron chi connectivity index (χ4n) is 1.82. The number of methoxy groups -OCH3 is 1. The van der Waals surface area contributed by atoms with Crippen LogP contribution in [-0.4, -0.2) is 47.5 Å². The van der Waals surface area contributed by atoms with Gasteiger partial charge in [0, 0.05) is 20.3 Å². The number of carbonyl (C=O) groups is 1. The van der Waals surface area contributed by atoms with Gasteiger partial charge in [-0.1, -0.05) is 6.07 Å². The van der Waals surface area contributed by atoms with Crippen LogP contribution in [0.5, 0.6) is 5.88 Å². The summed E-state index contributed by atoms with van der Waals surface area (Å²) in [6, 6.07) is 5.06. The van der Waals surface area contributed by atoms with Crippen molar-refractivity contribution in [3.05, 3.63) is 18.2 Å².